The van der Waals surface area contributed by atoms with Gasteiger partial charge in [-0.3, -0.25) is 0 Å². The first-order chi connectivity index (χ1) is 6.37. The highest BCUT2D eigenvalue weighted by atomic mass is 19.2. The van der Waals surface area contributed by atoms with Gasteiger partial charge in [-0.05, 0) is 0 Å². The molecule has 18 heavy (non-hydrogen) atoms. The second kappa shape index (κ2) is 8.30. The van der Waals surface area contributed by atoms with E-state index in [1.54, 1.807) is 0 Å². The highest BCUT2D eigenvalue weighted by molar-refractivity contribution is 5.86. The number of carboxylic acid groups (broad SMARTS) is 1. The standard InChI is InChI=1S/C7HF5O2.4H2O/c8-2-1(7(13)14)3(9)5(11)6(12)4(2)10;;;;/h(H,13,14);4*1H2/p-1. The first-order valence-corrected chi connectivity index (χ1v) is 3.10. The number of carboxylic acids is 1. The van der Waals surface area contributed by atoms with Crippen molar-refractivity contribution in [3.05, 3.63) is 34.6 Å². The Kier molecular flexibility index (Phi) is 11.6. The largest absolute Gasteiger partial charge is 0.545 e. The highest BCUT2D eigenvalue weighted by Gasteiger charge is 2.25. The van der Waals surface area contributed by atoms with Crippen LogP contribution in [-0.4, -0.2) is 27.9 Å². The highest BCUT2D eigenvalue weighted by Crippen LogP contribution is 2.22. The SMILES string of the molecule is O.O.O.O.O=C([O-])c1c(F)c(F)c(F)c(F)c1F. The van der Waals surface area contributed by atoms with Crippen LogP contribution in [0.1, 0.15) is 10.4 Å². The van der Waals surface area contributed by atoms with Gasteiger partial charge in [0.05, 0.1) is 11.5 Å². The number of rotatable bonds is 1. The third-order valence-corrected chi connectivity index (χ3v) is 1.41. The number of benzene rings is 1. The van der Waals surface area contributed by atoms with E-state index < -0.39 is 40.6 Å². The molecule has 0 aliphatic heterocycles. The minimum Gasteiger partial charge on any atom is -0.545 e. The van der Waals surface area contributed by atoms with E-state index >= 15 is 0 Å². The average Bonchev–Trinajstić information content (AvgIpc) is 2.11. The fourth-order valence-corrected chi connectivity index (χ4v) is 0.784. The zero-order valence-corrected chi connectivity index (χ0v) is 8.21. The van der Waals surface area contributed by atoms with Gasteiger partial charge >= 0.3 is 0 Å². The lowest BCUT2D eigenvalue weighted by Crippen LogP contribution is -2.26. The molecule has 0 heterocycles. The second-order valence-corrected chi connectivity index (χ2v) is 2.23. The van der Waals surface area contributed by atoms with E-state index in [1.807, 2.05) is 0 Å². The summed E-state index contributed by atoms with van der Waals surface area (Å²) in [5, 5.41) is 10.0. The van der Waals surface area contributed by atoms with Crippen molar-refractivity contribution in [2.75, 3.05) is 0 Å². The van der Waals surface area contributed by atoms with E-state index in [9.17, 15) is 31.9 Å². The van der Waals surface area contributed by atoms with Gasteiger partial charge in [0.2, 0.25) is 5.82 Å². The van der Waals surface area contributed by atoms with Crippen LogP contribution in [0.25, 0.3) is 0 Å². The third kappa shape index (κ3) is 3.59. The molecule has 6 nitrogen and oxygen atoms in total. The zero-order chi connectivity index (χ0) is 11.0. The van der Waals surface area contributed by atoms with E-state index in [1.165, 1.54) is 0 Å². The molecular weight excluding hydrogens is 275 g/mol. The van der Waals surface area contributed by atoms with Crippen LogP contribution < -0.4 is 5.11 Å². The number of halogens is 5. The maximum absolute atomic E-state index is 12.5. The lowest BCUT2D eigenvalue weighted by Gasteiger charge is -2.07. The van der Waals surface area contributed by atoms with Crippen LogP contribution in [0.3, 0.4) is 0 Å². The van der Waals surface area contributed by atoms with Crippen LogP contribution in [0.15, 0.2) is 0 Å². The van der Waals surface area contributed by atoms with Crippen molar-refractivity contribution in [1.82, 2.24) is 0 Å². The Labute approximate surface area is 95.5 Å². The molecule has 1 rings (SSSR count). The lowest BCUT2D eigenvalue weighted by molar-refractivity contribution is -0.255. The van der Waals surface area contributed by atoms with Gasteiger partial charge in [0.1, 0.15) is 0 Å². The Balaban J connectivity index is -0.000000245. The summed E-state index contributed by atoms with van der Waals surface area (Å²) < 4.78 is 62.0. The van der Waals surface area contributed by atoms with Crippen LogP contribution in [0.2, 0.25) is 0 Å². The molecule has 0 saturated carbocycles. The molecular formula is C7H8F5O6-. The van der Waals surface area contributed by atoms with Crippen LogP contribution >= 0.6 is 0 Å². The van der Waals surface area contributed by atoms with Crippen molar-refractivity contribution in [2.24, 2.45) is 0 Å². The van der Waals surface area contributed by atoms with Gasteiger partial charge in [0.15, 0.2) is 23.3 Å². The van der Waals surface area contributed by atoms with Crippen molar-refractivity contribution in [2.45, 2.75) is 0 Å². The van der Waals surface area contributed by atoms with Crippen molar-refractivity contribution in [3.8, 4) is 0 Å². The van der Waals surface area contributed by atoms with Gasteiger partial charge < -0.3 is 31.8 Å². The molecule has 0 spiro atoms. The van der Waals surface area contributed by atoms with Crippen LogP contribution in [-0.2, 0) is 0 Å². The zero-order valence-electron chi connectivity index (χ0n) is 8.21. The van der Waals surface area contributed by atoms with Gasteiger partial charge in [0.25, 0.3) is 0 Å². The summed E-state index contributed by atoms with van der Waals surface area (Å²) in [5.41, 5.74) is -1.97. The van der Waals surface area contributed by atoms with Gasteiger partial charge in [0, 0.05) is 0 Å². The number of aromatic carboxylic acids is 1. The number of hydrogen-bond acceptors (Lipinski definition) is 2. The van der Waals surface area contributed by atoms with Gasteiger partial charge in [-0.1, -0.05) is 0 Å². The molecule has 0 saturated heterocycles. The van der Waals surface area contributed by atoms with Crippen LogP contribution in [0.5, 0.6) is 0 Å². The fourth-order valence-electron chi connectivity index (χ4n) is 0.784. The Hall–Kier alpha value is -1.82. The lowest BCUT2D eigenvalue weighted by atomic mass is 10.1. The number of hydrogen-bond donors (Lipinski definition) is 0. The van der Waals surface area contributed by atoms with Gasteiger partial charge in [-0.2, -0.15) is 0 Å². The average molecular weight is 283 g/mol. The molecule has 0 aliphatic carbocycles. The van der Waals surface area contributed by atoms with E-state index in [4.69, 9.17) is 0 Å². The summed E-state index contributed by atoms with van der Waals surface area (Å²) in [6, 6.07) is 0. The minimum absolute atomic E-state index is 0. The van der Waals surface area contributed by atoms with Crippen LogP contribution in [0, 0.1) is 29.1 Å². The normalized spacial score (nSPS) is 8.06. The molecule has 0 radical (unpaired) electrons. The molecule has 0 bridgehead atoms. The summed E-state index contributed by atoms with van der Waals surface area (Å²) >= 11 is 0. The van der Waals surface area contributed by atoms with Crippen molar-refractivity contribution in [3.63, 3.8) is 0 Å². The monoisotopic (exact) mass is 283 g/mol. The van der Waals surface area contributed by atoms with Crippen LogP contribution in [0.4, 0.5) is 22.0 Å². The molecule has 11 heteroatoms. The summed E-state index contributed by atoms with van der Waals surface area (Å²) in [5.74, 6) is -14.4. The topological polar surface area (TPSA) is 166 Å². The second-order valence-electron chi connectivity index (χ2n) is 2.23. The molecule has 0 fully saturated rings. The maximum atomic E-state index is 12.5. The fraction of sp³-hybridized carbons (Fsp3) is 0. The maximum Gasteiger partial charge on any atom is 0.200 e. The molecule has 1 aromatic rings. The summed E-state index contributed by atoms with van der Waals surface area (Å²) in [6.45, 7) is 0. The molecule has 0 aliphatic rings. The van der Waals surface area contributed by atoms with E-state index in [-0.39, 0.29) is 21.9 Å². The molecule has 0 atom stereocenters. The molecule has 8 N–H and O–H groups in total. The van der Waals surface area contributed by atoms with Gasteiger partial charge in [-0.25, -0.2) is 22.0 Å². The van der Waals surface area contributed by atoms with Gasteiger partial charge in [-0.15, -0.1) is 0 Å². The molecule has 108 valence electrons. The predicted octanol–water partition coefficient (Wildman–Crippen LogP) is -2.55. The summed E-state index contributed by atoms with van der Waals surface area (Å²) in [7, 11) is 0. The summed E-state index contributed by atoms with van der Waals surface area (Å²) in [6.07, 6.45) is 0. The first-order valence-electron chi connectivity index (χ1n) is 3.10. The van der Waals surface area contributed by atoms with E-state index in [2.05, 4.69) is 0 Å². The quantitative estimate of drug-likeness (QED) is 0.314. The predicted molar refractivity (Wildman–Crippen MR) is 45.0 cm³/mol. The molecule has 0 aromatic heterocycles. The third-order valence-electron chi connectivity index (χ3n) is 1.41. The molecule has 0 unspecified atom stereocenters. The number of carbonyl (C=O) groups is 1. The smallest absolute Gasteiger partial charge is 0.200 e. The molecule has 1 aromatic carbocycles. The van der Waals surface area contributed by atoms with Crippen molar-refractivity contribution in [1.29, 1.82) is 0 Å². The van der Waals surface area contributed by atoms with E-state index in [0.717, 1.165) is 0 Å². The Morgan fingerprint density at radius 3 is 1.11 bits per heavy atom. The summed E-state index contributed by atoms with van der Waals surface area (Å²) in [4.78, 5) is 10.0. The van der Waals surface area contributed by atoms with Crippen molar-refractivity contribution < 1.29 is 53.8 Å². The Morgan fingerprint density at radius 2 is 0.889 bits per heavy atom. The Bertz CT molecular complexity index is 394. The Morgan fingerprint density at radius 1 is 0.667 bits per heavy atom. The number of carbonyl (C=O) groups excluding carboxylic acids is 1. The van der Waals surface area contributed by atoms with E-state index in [0.29, 0.717) is 0 Å². The minimum atomic E-state index is -2.47. The molecule has 0 amide bonds. The van der Waals surface area contributed by atoms with Crippen molar-refractivity contribution >= 4 is 5.97 Å². The first kappa shape index (κ1) is 25.1.